The van der Waals surface area contributed by atoms with Crippen molar-refractivity contribution in [2.45, 2.75) is 51.0 Å². The number of rotatable bonds is 4. The van der Waals surface area contributed by atoms with E-state index in [0.717, 1.165) is 12.3 Å². The largest absolute Gasteiger partial charge is 0.388 e. The normalized spacial score (nSPS) is 18.8. The molecule has 1 nitrogen and oxygen atoms in total. The molecule has 1 aromatic rings. The van der Waals surface area contributed by atoms with Crippen LogP contribution in [0.2, 0.25) is 0 Å². The fraction of sp³-hybridized carbons (Fsp3) is 0.600. The first-order valence-electron chi connectivity index (χ1n) is 6.80. The van der Waals surface area contributed by atoms with Gasteiger partial charge in [0, 0.05) is 5.56 Å². The quantitative estimate of drug-likeness (QED) is 0.830. The van der Waals surface area contributed by atoms with Crippen molar-refractivity contribution in [1.82, 2.24) is 0 Å². The van der Waals surface area contributed by atoms with Gasteiger partial charge in [-0.25, -0.2) is 4.39 Å². The first-order chi connectivity index (χ1) is 8.68. The lowest BCUT2D eigenvalue weighted by Crippen LogP contribution is -2.09. The van der Waals surface area contributed by atoms with Crippen LogP contribution in [0.25, 0.3) is 0 Å². The van der Waals surface area contributed by atoms with Crippen LogP contribution in [0.1, 0.15) is 56.6 Å². The highest BCUT2D eigenvalue weighted by molar-refractivity contribution is 9.10. The molecule has 1 unspecified atom stereocenters. The number of aliphatic hydroxyl groups is 1. The Morgan fingerprint density at radius 1 is 1.28 bits per heavy atom. The smallest absolute Gasteiger partial charge is 0.143 e. The van der Waals surface area contributed by atoms with Crippen molar-refractivity contribution < 1.29 is 9.50 Å². The average molecular weight is 315 g/mol. The second-order valence-electron chi connectivity index (χ2n) is 5.24. The summed E-state index contributed by atoms with van der Waals surface area (Å²) in [5, 5.41) is 10.1. The molecule has 0 heterocycles. The van der Waals surface area contributed by atoms with Gasteiger partial charge >= 0.3 is 0 Å². The van der Waals surface area contributed by atoms with Crippen molar-refractivity contribution >= 4 is 15.9 Å². The molecule has 1 atom stereocenters. The molecule has 1 aliphatic carbocycles. The van der Waals surface area contributed by atoms with Gasteiger partial charge in [0.05, 0.1) is 10.6 Å². The topological polar surface area (TPSA) is 20.2 Å². The second-order valence-corrected chi connectivity index (χ2v) is 6.09. The molecular weight excluding hydrogens is 295 g/mol. The number of aliphatic hydroxyl groups excluding tert-OH is 1. The van der Waals surface area contributed by atoms with Gasteiger partial charge in [0.25, 0.3) is 0 Å². The molecule has 1 fully saturated rings. The van der Waals surface area contributed by atoms with Crippen LogP contribution in [0.4, 0.5) is 4.39 Å². The Bertz CT molecular complexity index is 388. The maximum absolute atomic E-state index is 13.8. The number of hydrogen-bond acceptors (Lipinski definition) is 1. The van der Waals surface area contributed by atoms with Crippen molar-refractivity contribution in [2.24, 2.45) is 5.92 Å². The number of halogens is 2. The van der Waals surface area contributed by atoms with Crippen molar-refractivity contribution in [2.75, 3.05) is 0 Å². The van der Waals surface area contributed by atoms with Gasteiger partial charge in [-0.2, -0.15) is 0 Å². The zero-order chi connectivity index (χ0) is 13.0. The summed E-state index contributed by atoms with van der Waals surface area (Å²) in [6.45, 7) is 0. The van der Waals surface area contributed by atoms with Gasteiger partial charge in [-0.15, -0.1) is 0 Å². The summed E-state index contributed by atoms with van der Waals surface area (Å²) in [7, 11) is 0. The van der Waals surface area contributed by atoms with E-state index in [9.17, 15) is 9.50 Å². The molecule has 1 aromatic carbocycles. The molecule has 0 aliphatic heterocycles. The highest BCUT2D eigenvalue weighted by Crippen LogP contribution is 2.32. The van der Waals surface area contributed by atoms with Gasteiger partial charge in [0.2, 0.25) is 0 Å². The highest BCUT2D eigenvalue weighted by atomic mass is 79.9. The summed E-state index contributed by atoms with van der Waals surface area (Å²) >= 11 is 3.16. The van der Waals surface area contributed by atoms with Crippen molar-refractivity contribution in [3.05, 3.63) is 34.1 Å². The predicted molar refractivity (Wildman–Crippen MR) is 74.9 cm³/mol. The summed E-state index contributed by atoms with van der Waals surface area (Å²) in [5.41, 5.74) is 0.417. The average Bonchev–Trinajstić information content (AvgIpc) is 2.40. The SMILES string of the molecule is OC(CCC1CCCCC1)c1cccc(Br)c1F. The summed E-state index contributed by atoms with van der Waals surface area (Å²) < 4.78 is 14.2. The van der Waals surface area contributed by atoms with Crippen molar-refractivity contribution in [3.8, 4) is 0 Å². The lowest BCUT2D eigenvalue weighted by atomic mass is 9.85. The van der Waals surface area contributed by atoms with Gasteiger partial charge in [-0.05, 0) is 40.8 Å². The minimum absolute atomic E-state index is 0.325. The molecule has 0 spiro atoms. The predicted octanol–water partition coefficient (Wildman–Crippen LogP) is 4.98. The van der Waals surface area contributed by atoms with E-state index in [2.05, 4.69) is 15.9 Å². The van der Waals surface area contributed by atoms with E-state index in [1.807, 2.05) is 0 Å². The van der Waals surface area contributed by atoms with E-state index in [0.29, 0.717) is 16.5 Å². The Morgan fingerprint density at radius 2 is 2.00 bits per heavy atom. The third kappa shape index (κ3) is 3.55. The molecule has 0 amide bonds. The second kappa shape index (κ2) is 6.67. The first-order valence-corrected chi connectivity index (χ1v) is 7.59. The lowest BCUT2D eigenvalue weighted by molar-refractivity contribution is 0.147. The molecule has 0 saturated heterocycles. The Balaban J connectivity index is 1.90. The van der Waals surface area contributed by atoms with Crippen LogP contribution in [0.5, 0.6) is 0 Å². The fourth-order valence-corrected chi connectivity index (χ4v) is 3.18. The molecule has 3 heteroatoms. The molecule has 0 bridgehead atoms. The zero-order valence-electron chi connectivity index (χ0n) is 10.5. The summed E-state index contributed by atoms with van der Waals surface area (Å²) in [6.07, 6.45) is 7.51. The lowest BCUT2D eigenvalue weighted by Gasteiger charge is -2.22. The van der Waals surface area contributed by atoms with Gasteiger partial charge in [-0.3, -0.25) is 0 Å². The monoisotopic (exact) mass is 314 g/mol. The van der Waals surface area contributed by atoms with E-state index < -0.39 is 6.10 Å². The Hall–Kier alpha value is -0.410. The van der Waals surface area contributed by atoms with E-state index in [4.69, 9.17) is 0 Å². The minimum Gasteiger partial charge on any atom is -0.388 e. The van der Waals surface area contributed by atoms with E-state index in [1.165, 1.54) is 32.1 Å². The standard InChI is InChI=1S/C15H20BrFO/c16-13-8-4-7-12(15(13)17)14(18)10-9-11-5-2-1-3-6-11/h4,7-8,11,14,18H,1-3,5-6,9-10H2. The maximum Gasteiger partial charge on any atom is 0.143 e. The summed E-state index contributed by atoms with van der Waals surface area (Å²) in [6, 6.07) is 5.10. The van der Waals surface area contributed by atoms with Crippen LogP contribution in [-0.2, 0) is 0 Å². The van der Waals surface area contributed by atoms with Crippen LogP contribution >= 0.6 is 15.9 Å². The van der Waals surface area contributed by atoms with Gasteiger partial charge < -0.3 is 5.11 Å². The molecule has 100 valence electrons. The van der Waals surface area contributed by atoms with E-state index in [1.54, 1.807) is 18.2 Å². The fourth-order valence-electron chi connectivity index (χ4n) is 2.80. The molecule has 1 N–H and O–H groups in total. The van der Waals surface area contributed by atoms with E-state index in [-0.39, 0.29) is 5.82 Å². The molecule has 1 saturated carbocycles. The third-order valence-electron chi connectivity index (χ3n) is 3.91. The van der Waals surface area contributed by atoms with Crippen LogP contribution in [-0.4, -0.2) is 5.11 Å². The van der Waals surface area contributed by atoms with Gasteiger partial charge in [0.1, 0.15) is 5.82 Å². The molecule has 18 heavy (non-hydrogen) atoms. The van der Waals surface area contributed by atoms with E-state index >= 15 is 0 Å². The Morgan fingerprint density at radius 3 is 2.72 bits per heavy atom. The first kappa shape index (κ1) is 14.0. The summed E-state index contributed by atoms with van der Waals surface area (Å²) in [4.78, 5) is 0. The van der Waals surface area contributed by atoms with Crippen LogP contribution in [0.3, 0.4) is 0 Å². The Kier molecular flexibility index (Phi) is 5.19. The van der Waals surface area contributed by atoms with Crippen LogP contribution < -0.4 is 0 Å². The number of hydrogen-bond donors (Lipinski definition) is 1. The highest BCUT2D eigenvalue weighted by Gasteiger charge is 2.18. The third-order valence-corrected chi connectivity index (χ3v) is 4.53. The number of benzene rings is 1. The molecule has 1 aliphatic rings. The Labute approximate surface area is 117 Å². The maximum atomic E-state index is 13.8. The summed E-state index contributed by atoms with van der Waals surface area (Å²) in [5.74, 6) is 0.400. The molecule has 0 radical (unpaired) electrons. The molecule has 0 aromatic heterocycles. The minimum atomic E-state index is -0.676. The van der Waals surface area contributed by atoms with Gasteiger partial charge in [0.15, 0.2) is 0 Å². The molecular formula is C15H20BrFO. The van der Waals surface area contributed by atoms with Crippen molar-refractivity contribution in [3.63, 3.8) is 0 Å². The van der Waals surface area contributed by atoms with Crippen LogP contribution in [0.15, 0.2) is 22.7 Å². The van der Waals surface area contributed by atoms with Gasteiger partial charge in [-0.1, -0.05) is 44.2 Å². The van der Waals surface area contributed by atoms with Crippen LogP contribution in [0, 0.1) is 11.7 Å². The zero-order valence-corrected chi connectivity index (χ0v) is 12.1. The molecule has 2 rings (SSSR count). The van der Waals surface area contributed by atoms with Crippen molar-refractivity contribution in [1.29, 1.82) is 0 Å².